The summed E-state index contributed by atoms with van der Waals surface area (Å²) in [5, 5.41) is 9.55. The highest BCUT2D eigenvalue weighted by atomic mass is 32.2. The largest absolute Gasteiger partial charge is 0.508 e. The van der Waals surface area contributed by atoms with Crippen LogP contribution in [-0.2, 0) is 0 Å². The standard InChI is InChI=1S/C15H16O2S/c1-12-14(16)8-5-9-15(12)17-10-11-18-13-6-3-2-4-7-13/h2-9,16H,10-11H2,1H3. The molecule has 0 aliphatic rings. The summed E-state index contributed by atoms with van der Waals surface area (Å²) in [5.41, 5.74) is 0.794. The van der Waals surface area contributed by atoms with E-state index in [-0.39, 0.29) is 5.75 Å². The van der Waals surface area contributed by atoms with E-state index in [1.54, 1.807) is 23.9 Å². The zero-order chi connectivity index (χ0) is 12.8. The molecule has 0 saturated carbocycles. The van der Waals surface area contributed by atoms with Crippen LogP contribution in [0, 0.1) is 6.92 Å². The molecular weight excluding hydrogens is 244 g/mol. The van der Waals surface area contributed by atoms with Gasteiger partial charge in [-0.3, -0.25) is 0 Å². The first-order valence-electron chi connectivity index (χ1n) is 5.86. The predicted molar refractivity (Wildman–Crippen MR) is 75.5 cm³/mol. The van der Waals surface area contributed by atoms with Crippen LogP contribution in [-0.4, -0.2) is 17.5 Å². The molecule has 2 aromatic rings. The fraction of sp³-hybridized carbons (Fsp3) is 0.200. The maximum Gasteiger partial charge on any atom is 0.125 e. The second-order valence-corrected chi connectivity index (χ2v) is 5.08. The van der Waals surface area contributed by atoms with Gasteiger partial charge in [0.25, 0.3) is 0 Å². The molecule has 0 aliphatic carbocycles. The van der Waals surface area contributed by atoms with Gasteiger partial charge >= 0.3 is 0 Å². The molecule has 94 valence electrons. The Kier molecular flexibility index (Phi) is 4.53. The molecule has 2 rings (SSSR count). The quantitative estimate of drug-likeness (QED) is 0.653. The van der Waals surface area contributed by atoms with Crippen LogP contribution in [0.2, 0.25) is 0 Å². The maximum absolute atomic E-state index is 9.55. The number of ether oxygens (including phenoxy) is 1. The Hall–Kier alpha value is -1.61. The number of benzene rings is 2. The summed E-state index contributed by atoms with van der Waals surface area (Å²) in [5.74, 6) is 1.92. The summed E-state index contributed by atoms with van der Waals surface area (Å²) in [4.78, 5) is 1.24. The highest BCUT2D eigenvalue weighted by Gasteiger charge is 2.03. The first-order valence-corrected chi connectivity index (χ1v) is 6.85. The lowest BCUT2D eigenvalue weighted by Gasteiger charge is -2.09. The fourth-order valence-electron chi connectivity index (χ4n) is 1.59. The number of hydrogen-bond donors (Lipinski definition) is 1. The van der Waals surface area contributed by atoms with E-state index in [2.05, 4.69) is 12.1 Å². The molecule has 0 aliphatic heterocycles. The molecule has 0 heterocycles. The Morgan fingerprint density at radius 2 is 1.83 bits per heavy atom. The van der Waals surface area contributed by atoms with Gasteiger partial charge in [-0.15, -0.1) is 11.8 Å². The van der Waals surface area contributed by atoms with Gasteiger partial charge in [0, 0.05) is 16.2 Å². The van der Waals surface area contributed by atoms with Gasteiger partial charge in [-0.05, 0) is 31.2 Å². The fourth-order valence-corrected chi connectivity index (χ4v) is 2.34. The third kappa shape index (κ3) is 3.44. The lowest BCUT2D eigenvalue weighted by molar-refractivity contribution is 0.338. The van der Waals surface area contributed by atoms with E-state index >= 15 is 0 Å². The van der Waals surface area contributed by atoms with Crippen LogP contribution in [0.1, 0.15) is 5.56 Å². The van der Waals surface area contributed by atoms with Crippen molar-refractivity contribution in [2.75, 3.05) is 12.4 Å². The minimum atomic E-state index is 0.281. The SMILES string of the molecule is Cc1c(O)cccc1OCCSc1ccccc1. The average molecular weight is 260 g/mol. The van der Waals surface area contributed by atoms with E-state index in [1.165, 1.54) is 4.90 Å². The molecule has 0 bridgehead atoms. The summed E-state index contributed by atoms with van der Waals surface area (Å²) in [6.45, 7) is 2.48. The molecule has 2 aromatic carbocycles. The van der Waals surface area contributed by atoms with Crippen LogP contribution >= 0.6 is 11.8 Å². The summed E-state index contributed by atoms with van der Waals surface area (Å²) in [7, 11) is 0. The van der Waals surface area contributed by atoms with Crippen LogP contribution in [0.5, 0.6) is 11.5 Å². The Bertz CT molecular complexity index is 497. The smallest absolute Gasteiger partial charge is 0.125 e. The molecule has 0 fully saturated rings. The Labute approximate surface area is 112 Å². The number of rotatable bonds is 5. The van der Waals surface area contributed by atoms with Crippen molar-refractivity contribution in [3.63, 3.8) is 0 Å². The van der Waals surface area contributed by atoms with Crippen molar-refractivity contribution in [3.8, 4) is 11.5 Å². The molecule has 0 spiro atoms. The van der Waals surface area contributed by atoms with Crippen molar-refractivity contribution < 1.29 is 9.84 Å². The molecule has 0 atom stereocenters. The summed E-state index contributed by atoms with van der Waals surface area (Å²) >= 11 is 1.76. The Balaban J connectivity index is 1.81. The molecule has 1 N–H and O–H groups in total. The van der Waals surface area contributed by atoms with Crippen LogP contribution in [0.3, 0.4) is 0 Å². The monoisotopic (exact) mass is 260 g/mol. The zero-order valence-electron chi connectivity index (χ0n) is 10.3. The lowest BCUT2D eigenvalue weighted by atomic mass is 10.2. The van der Waals surface area contributed by atoms with E-state index in [9.17, 15) is 5.11 Å². The van der Waals surface area contributed by atoms with Crippen molar-refractivity contribution in [2.24, 2.45) is 0 Å². The molecule has 18 heavy (non-hydrogen) atoms. The van der Waals surface area contributed by atoms with E-state index in [0.717, 1.165) is 17.1 Å². The van der Waals surface area contributed by atoms with Gasteiger partial charge in [0.2, 0.25) is 0 Å². The molecule has 0 radical (unpaired) electrons. The van der Waals surface area contributed by atoms with Crippen molar-refractivity contribution in [1.82, 2.24) is 0 Å². The normalized spacial score (nSPS) is 10.3. The maximum atomic E-state index is 9.55. The number of aromatic hydroxyl groups is 1. The third-order valence-corrected chi connectivity index (χ3v) is 3.58. The summed E-state index contributed by atoms with van der Waals surface area (Å²) in [6, 6.07) is 15.6. The van der Waals surface area contributed by atoms with E-state index in [0.29, 0.717) is 6.61 Å². The molecule has 2 nitrogen and oxygen atoms in total. The Morgan fingerprint density at radius 3 is 2.61 bits per heavy atom. The van der Waals surface area contributed by atoms with Gasteiger partial charge in [0.05, 0.1) is 6.61 Å². The minimum Gasteiger partial charge on any atom is -0.508 e. The van der Waals surface area contributed by atoms with E-state index in [1.807, 2.05) is 31.2 Å². The average Bonchev–Trinajstić information content (AvgIpc) is 2.40. The topological polar surface area (TPSA) is 29.5 Å². The van der Waals surface area contributed by atoms with Crippen LogP contribution in [0.4, 0.5) is 0 Å². The van der Waals surface area contributed by atoms with Crippen LogP contribution in [0.15, 0.2) is 53.4 Å². The van der Waals surface area contributed by atoms with E-state index < -0.39 is 0 Å². The lowest BCUT2D eigenvalue weighted by Crippen LogP contribution is -2.01. The van der Waals surface area contributed by atoms with Crippen molar-refractivity contribution in [3.05, 3.63) is 54.1 Å². The first kappa shape index (κ1) is 12.8. The summed E-state index contributed by atoms with van der Waals surface area (Å²) < 4.78 is 5.66. The molecule has 3 heteroatoms. The molecular formula is C15H16O2S. The van der Waals surface area contributed by atoms with Gasteiger partial charge < -0.3 is 9.84 Å². The Morgan fingerprint density at radius 1 is 1.06 bits per heavy atom. The molecule has 0 saturated heterocycles. The highest BCUT2D eigenvalue weighted by Crippen LogP contribution is 2.26. The van der Waals surface area contributed by atoms with Crippen molar-refractivity contribution in [1.29, 1.82) is 0 Å². The molecule has 0 unspecified atom stereocenters. The number of thioether (sulfide) groups is 1. The second kappa shape index (κ2) is 6.36. The van der Waals surface area contributed by atoms with Gasteiger partial charge in [-0.2, -0.15) is 0 Å². The number of phenols is 1. The number of hydrogen-bond acceptors (Lipinski definition) is 3. The van der Waals surface area contributed by atoms with Gasteiger partial charge in [0.1, 0.15) is 11.5 Å². The summed E-state index contributed by atoms with van der Waals surface area (Å²) in [6.07, 6.45) is 0. The highest BCUT2D eigenvalue weighted by molar-refractivity contribution is 7.99. The molecule has 0 amide bonds. The van der Waals surface area contributed by atoms with Gasteiger partial charge in [0.15, 0.2) is 0 Å². The van der Waals surface area contributed by atoms with Crippen LogP contribution < -0.4 is 4.74 Å². The van der Waals surface area contributed by atoms with Crippen molar-refractivity contribution >= 4 is 11.8 Å². The van der Waals surface area contributed by atoms with Gasteiger partial charge in [-0.25, -0.2) is 0 Å². The minimum absolute atomic E-state index is 0.281. The zero-order valence-corrected chi connectivity index (χ0v) is 11.1. The van der Waals surface area contributed by atoms with Crippen LogP contribution in [0.25, 0.3) is 0 Å². The first-order chi connectivity index (χ1) is 8.77. The number of phenolic OH excluding ortho intramolecular Hbond substituents is 1. The third-order valence-electron chi connectivity index (χ3n) is 2.61. The van der Waals surface area contributed by atoms with Gasteiger partial charge in [-0.1, -0.05) is 24.3 Å². The van der Waals surface area contributed by atoms with Crippen molar-refractivity contribution in [2.45, 2.75) is 11.8 Å². The predicted octanol–water partition coefficient (Wildman–Crippen LogP) is 3.87. The second-order valence-electron chi connectivity index (χ2n) is 3.91. The molecule has 0 aromatic heterocycles. The van der Waals surface area contributed by atoms with E-state index in [4.69, 9.17) is 4.74 Å².